The highest BCUT2D eigenvalue weighted by Gasteiger charge is 2.26. The molecule has 0 radical (unpaired) electrons. The molecule has 1 saturated carbocycles. The van der Waals surface area contributed by atoms with Gasteiger partial charge in [-0.25, -0.2) is 0 Å². The zero-order valence-corrected chi connectivity index (χ0v) is 18.1. The number of nitrogens with zero attached hydrogens (tertiary/aromatic N) is 1. The summed E-state index contributed by atoms with van der Waals surface area (Å²) in [5.74, 6) is 0.277. The van der Waals surface area contributed by atoms with Crippen LogP contribution in [0.5, 0.6) is 5.75 Å². The van der Waals surface area contributed by atoms with Crippen molar-refractivity contribution in [3.63, 3.8) is 0 Å². The third-order valence-electron chi connectivity index (χ3n) is 5.85. The zero-order valence-electron chi connectivity index (χ0n) is 17.3. The second kappa shape index (κ2) is 9.12. The Labute approximate surface area is 185 Å². The molecular weight excluding hydrogens is 416 g/mol. The summed E-state index contributed by atoms with van der Waals surface area (Å²) in [4.78, 5) is 26.1. The fourth-order valence-electron chi connectivity index (χ4n) is 4.15. The van der Waals surface area contributed by atoms with E-state index in [9.17, 15) is 14.7 Å². The van der Waals surface area contributed by atoms with Crippen molar-refractivity contribution in [3.8, 4) is 5.75 Å². The minimum absolute atomic E-state index is 0.0426. The summed E-state index contributed by atoms with van der Waals surface area (Å²) in [5, 5.41) is 13.9. The fraction of sp³-hybridized carbons (Fsp3) is 0.333. The molecule has 0 saturated heterocycles. The minimum atomic E-state index is -0.589. The Kier molecular flexibility index (Phi) is 6.30. The van der Waals surface area contributed by atoms with E-state index in [0.29, 0.717) is 35.3 Å². The Hall–Kier alpha value is -2.83. The number of halogens is 1. The summed E-state index contributed by atoms with van der Waals surface area (Å²) in [7, 11) is 1.61. The standard InChI is InChI=1S/C24H25ClN2O4/c1-31-16-11-9-15(10-12-16)13-27-14-18(23(29)17-5-4-6-19(25)22(17)27)24(30)26-20-7-2-3-8-21(20)28/h4-6,9-12,14,20-21,28H,2-3,7-8,13H2,1H3,(H,26,30). The molecule has 6 nitrogen and oxygen atoms in total. The summed E-state index contributed by atoms with van der Waals surface area (Å²) in [6.07, 6.45) is 4.21. The number of carbonyl (C=O) groups is 1. The smallest absolute Gasteiger partial charge is 0.257 e. The first-order valence-electron chi connectivity index (χ1n) is 10.4. The Bertz CT molecular complexity index is 1160. The van der Waals surface area contributed by atoms with Gasteiger partial charge in [0.2, 0.25) is 5.43 Å². The van der Waals surface area contributed by atoms with Gasteiger partial charge in [-0.2, -0.15) is 0 Å². The quantitative estimate of drug-likeness (QED) is 0.633. The molecule has 7 heteroatoms. The molecule has 0 bridgehead atoms. The summed E-state index contributed by atoms with van der Waals surface area (Å²) < 4.78 is 7.04. The number of hydrogen-bond acceptors (Lipinski definition) is 4. The Morgan fingerprint density at radius 2 is 1.94 bits per heavy atom. The monoisotopic (exact) mass is 440 g/mol. The molecular formula is C24H25ClN2O4. The van der Waals surface area contributed by atoms with E-state index in [1.165, 1.54) is 0 Å². The van der Waals surface area contributed by atoms with E-state index in [1.807, 2.05) is 28.8 Å². The summed E-state index contributed by atoms with van der Waals surface area (Å²) in [5.41, 5.74) is 1.23. The van der Waals surface area contributed by atoms with Crippen LogP contribution in [0, 0.1) is 0 Å². The Morgan fingerprint density at radius 1 is 1.19 bits per heavy atom. The number of aliphatic hydroxyl groups is 1. The van der Waals surface area contributed by atoms with Gasteiger partial charge in [0.25, 0.3) is 5.91 Å². The topological polar surface area (TPSA) is 80.6 Å². The maximum absolute atomic E-state index is 13.1. The lowest BCUT2D eigenvalue weighted by Crippen LogP contribution is -2.46. The van der Waals surface area contributed by atoms with Crippen LogP contribution in [-0.2, 0) is 6.54 Å². The van der Waals surface area contributed by atoms with Crippen molar-refractivity contribution in [2.45, 2.75) is 44.4 Å². The average molecular weight is 441 g/mol. The van der Waals surface area contributed by atoms with Crippen LogP contribution < -0.4 is 15.5 Å². The lowest BCUT2D eigenvalue weighted by molar-refractivity contribution is 0.0716. The number of para-hydroxylation sites is 1. The van der Waals surface area contributed by atoms with Crippen molar-refractivity contribution in [1.82, 2.24) is 9.88 Å². The van der Waals surface area contributed by atoms with Crippen molar-refractivity contribution < 1.29 is 14.6 Å². The van der Waals surface area contributed by atoms with Crippen LogP contribution >= 0.6 is 11.6 Å². The first kappa shape index (κ1) is 21.4. The van der Waals surface area contributed by atoms with Gasteiger partial charge < -0.3 is 19.7 Å². The van der Waals surface area contributed by atoms with E-state index in [0.717, 1.165) is 24.2 Å². The maximum atomic E-state index is 13.1. The maximum Gasteiger partial charge on any atom is 0.257 e. The molecule has 2 aromatic carbocycles. The van der Waals surface area contributed by atoms with Gasteiger partial charge in [-0.3, -0.25) is 9.59 Å². The van der Waals surface area contributed by atoms with Gasteiger partial charge in [-0.1, -0.05) is 42.6 Å². The molecule has 1 amide bonds. The van der Waals surface area contributed by atoms with E-state index >= 15 is 0 Å². The summed E-state index contributed by atoms with van der Waals surface area (Å²) in [6, 6.07) is 12.4. The van der Waals surface area contributed by atoms with Crippen LogP contribution in [0.4, 0.5) is 0 Å². The van der Waals surface area contributed by atoms with Gasteiger partial charge in [-0.15, -0.1) is 0 Å². The molecule has 0 aliphatic heterocycles. The number of aromatic nitrogens is 1. The van der Waals surface area contributed by atoms with Crippen LogP contribution in [0.15, 0.2) is 53.5 Å². The first-order valence-corrected chi connectivity index (χ1v) is 10.8. The fourth-order valence-corrected chi connectivity index (χ4v) is 4.44. The van der Waals surface area contributed by atoms with Crippen LogP contribution in [0.3, 0.4) is 0 Å². The molecule has 3 aromatic rings. The van der Waals surface area contributed by atoms with E-state index in [2.05, 4.69) is 5.32 Å². The predicted molar refractivity (Wildman–Crippen MR) is 121 cm³/mol. The van der Waals surface area contributed by atoms with Gasteiger partial charge in [0.15, 0.2) is 0 Å². The highest BCUT2D eigenvalue weighted by molar-refractivity contribution is 6.35. The molecule has 4 rings (SSSR count). The van der Waals surface area contributed by atoms with Gasteiger partial charge in [0.1, 0.15) is 11.3 Å². The van der Waals surface area contributed by atoms with Crippen molar-refractivity contribution in [2.75, 3.05) is 7.11 Å². The van der Waals surface area contributed by atoms with E-state index in [4.69, 9.17) is 16.3 Å². The number of fused-ring (bicyclic) bond motifs is 1. The van der Waals surface area contributed by atoms with Gasteiger partial charge in [0.05, 0.1) is 29.8 Å². The summed E-state index contributed by atoms with van der Waals surface area (Å²) in [6.45, 7) is 0.427. The van der Waals surface area contributed by atoms with Crippen LogP contribution in [0.25, 0.3) is 10.9 Å². The molecule has 1 aromatic heterocycles. The third-order valence-corrected chi connectivity index (χ3v) is 6.16. The number of aliphatic hydroxyl groups excluding tert-OH is 1. The highest BCUT2D eigenvalue weighted by Crippen LogP contribution is 2.24. The number of rotatable bonds is 5. The summed E-state index contributed by atoms with van der Waals surface area (Å²) >= 11 is 6.44. The van der Waals surface area contributed by atoms with Crippen LogP contribution in [0.2, 0.25) is 5.02 Å². The van der Waals surface area contributed by atoms with E-state index in [-0.39, 0.29) is 17.0 Å². The van der Waals surface area contributed by atoms with Gasteiger partial charge in [0, 0.05) is 18.1 Å². The molecule has 1 aliphatic rings. The molecule has 2 atom stereocenters. The zero-order chi connectivity index (χ0) is 22.0. The minimum Gasteiger partial charge on any atom is -0.497 e. The molecule has 31 heavy (non-hydrogen) atoms. The number of carbonyl (C=O) groups excluding carboxylic acids is 1. The number of hydrogen-bond donors (Lipinski definition) is 2. The Balaban J connectivity index is 1.74. The number of ether oxygens (including phenoxy) is 1. The SMILES string of the molecule is COc1ccc(Cn2cc(C(=O)NC3CCCCC3O)c(=O)c3cccc(Cl)c32)cc1. The molecule has 1 fully saturated rings. The molecule has 2 unspecified atom stereocenters. The number of pyridine rings is 1. The van der Waals surface area contributed by atoms with Crippen molar-refractivity contribution in [2.24, 2.45) is 0 Å². The van der Waals surface area contributed by atoms with E-state index in [1.54, 1.807) is 31.5 Å². The van der Waals surface area contributed by atoms with Crippen LogP contribution in [-0.4, -0.2) is 34.8 Å². The average Bonchev–Trinajstić information content (AvgIpc) is 2.77. The molecule has 0 spiro atoms. The van der Waals surface area contributed by atoms with Gasteiger partial charge in [-0.05, 0) is 42.7 Å². The molecule has 1 heterocycles. The lowest BCUT2D eigenvalue weighted by Gasteiger charge is -2.28. The first-order chi connectivity index (χ1) is 15.0. The molecule has 1 aliphatic carbocycles. The second-order valence-electron chi connectivity index (χ2n) is 7.92. The number of benzene rings is 2. The number of methoxy groups -OCH3 is 1. The van der Waals surface area contributed by atoms with Crippen LogP contribution in [0.1, 0.15) is 41.6 Å². The largest absolute Gasteiger partial charge is 0.497 e. The second-order valence-corrected chi connectivity index (χ2v) is 8.32. The predicted octanol–water partition coefficient (Wildman–Crippen LogP) is 3.75. The molecule has 162 valence electrons. The van der Waals surface area contributed by atoms with Gasteiger partial charge >= 0.3 is 0 Å². The number of amides is 1. The van der Waals surface area contributed by atoms with Crippen molar-refractivity contribution in [3.05, 3.63) is 75.0 Å². The number of nitrogens with one attached hydrogen (secondary N) is 1. The van der Waals surface area contributed by atoms with Crippen molar-refractivity contribution >= 4 is 28.4 Å². The highest BCUT2D eigenvalue weighted by atomic mass is 35.5. The lowest BCUT2D eigenvalue weighted by atomic mass is 9.92. The van der Waals surface area contributed by atoms with E-state index < -0.39 is 12.0 Å². The molecule has 2 N–H and O–H groups in total. The normalized spacial score (nSPS) is 18.7. The van der Waals surface area contributed by atoms with Crippen molar-refractivity contribution in [1.29, 1.82) is 0 Å². The Morgan fingerprint density at radius 3 is 2.65 bits per heavy atom. The third kappa shape index (κ3) is 4.45.